The number of hydrogen-bond donors (Lipinski definition) is 0. The Morgan fingerprint density at radius 3 is 1.22 bits per heavy atom. The van der Waals surface area contributed by atoms with Gasteiger partial charge in [-0.05, 0) is 18.3 Å². The van der Waals surface area contributed by atoms with Crippen molar-refractivity contribution in [2.45, 2.75) is 6.42 Å². The minimum atomic E-state index is 0. The molecule has 0 heterocycles. The van der Waals surface area contributed by atoms with Crippen LogP contribution in [0.5, 0.6) is 0 Å². The van der Waals surface area contributed by atoms with Crippen molar-refractivity contribution >= 4 is 0 Å². The molecule has 0 saturated carbocycles. The van der Waals surface area contributed by atoms with Crippen LogP contribution in [0.2, 0.25) is 0 Å². The van der Waals surface area contributed by atoms with E-state index < -0.39 is 0 Å². The average Bonchev–Trinajstić information content (AvgIpc) is 2.22. The second kappa shape index (κ2) is 3.83. The Morgan fingerprint density at radius 2 is 1.11 bits per heavy atom. The molecule has 0 N–H and O–H groups in total. The molecule has 0 aromatic heterocycles. The van der Waals surface area contributed by atoms with Crippen molar-refractivity contribution in [1.29, 1.82) is 0 Å². The molecule has 2 aliphatic rings. The van der Waals surface area contributed by atoms with Crippen molar-refractivity contribution in [3.8, 4) is 0 Å². The summed E-state index contributed by atoms with van der Waals surface area (Å²) in [6, 6.07) is 0. The Bertz CT molecular complexity index is 110. The molecule has 9 heavy (non-hydrogen) atoms. The van der Waals surface area contributed by atoms with Crippen molar-refractivity contribution in [1.82, 2.24) is 0 Å². The zero-order valence-corrected chi connectivity index (χ0v) is 9.63. The van der Waals surface area contributed by atoms with Gasteiger partial charge in [0.15, 0.2) is 0 Å². The Kier molecular flexibility index (Phi) is 4.16. The molecule has 0 aromatic rings. The smallest absolute Gasteiger partial charge is 0 e. The van der Waals surface area contributed by atoms with Gasteiger partial charge in [0, 0.05) is 40.2 Å². The molecule has 2 bridgehead atoms. The van der Waals surface area contributed by atoms with E-state index >= 15 is 0 Å². The van der Waals surface area contributed by atoms with Gasteiger partial charge in [-0.3, -0.25) is 0 Å². The SMILES string of the molecule is C1=CC2C=CC1C2.[Ir].[Ir]. The Hall–Kier alpha value is 0.779. The van der Waals surface area contributed by atoms with Crippen molar-refractivity contribution in [2.24, 2.45) is 11.8 Å². The van der Waals surface area contributed by atoms with Crippen LogP contribution in [-0.2, 0) is 40.2 Å². The quantitative estimate of drug-likeness (QED) is 0.468. The Balaban J connectivity index is 0.000000320. The number of rotatable bonds is 0. The molecule has 54 valence electrons. The number of allylic oxidation sites excluding steroid dienone is 4. The number of fused-ring (bicyclic) bond motifs is 2. The van der Waals surface area contributed by atoms with Gasteiger partial charge in [0.2, 0.25) is 0 Å². The van der Waals surface area contributed by atoms with Gasteiger partial charge in [-0.25, -0.2) is 0 Å². The third-order valence-electron chi connectivity index (χ3n) is 1.76. The van der Waals surface area contributed by atoms with Crippen molar-refractivity contribution < 1.29 is 40.2 Å². The van der Waals surface area contributed by atoms with E-state index in [-0.39, 0.29) is 40.2 Å². The van der Waals surface area contributed by atoms with Gasteiger partial charge < -0.3 is 0 Å². The minimum absolute atomic E-state index is 0. The van der Waals surface area contributed by atoms with Crippen LogP contribution >= 0.6 is 0 Å². The van der Waals surface area contributed by atoms with Crippen molar-refractivity contribution in [3.05, 3.63) is 24.3 Å². The molecule has 0 spiro atoms. The van der Waals surface area contributed by atoms with E-state index in [2.05, 4.69) is 24.3 Å². The molecule has 0 aromatic carbocycles. The molecule has 0 fully saturated rings. The predicted molar refractivity (Wildman–Crippen MR) is 29.9 cm³/mol. The third kappa shape index (κ3) is 1.85. The van der Waals surface area contributed by atoms with Gasteiger partial charge in [0.25, 0.3) is 0 Å². The fourth-order valence-corrected chi connectivity index (χ4v) is 1.33. The van der Waals surface area contributed by atoms with E-state index in [0.29, 0.717) is 0 Å². The summed E-state index contributed by atoms with van der Waals surface area (Å²) in [5.41, 5.74) is 0. The number of hydrogen-bond acceptors (Lipinski definition) is 0. The Labute approximate surface area is 82.5 Å². The molecule has 2 aliphatic carbocycles. The van der Waals surface area contributed by atoms with E-state index in [1.807, 2.05) is 0 Å². The van der Waals surface area contributed by atoms with Crippen LogP contribution in [0.3, 0.4) is 0 Å². The zero-order chi connectivity index (χ0) is 4.69. The van der Waals surface area contributed by atoms with Crippen LogP contribution in [0.25, 0.3) is 0 Å². The monoisotopic (exact) mass is 478 g/mol. The zero-order valence-electron chi connectivity index (χ0n) is 4.84. The van der Waals surface area contributed by atoms with E-state index in [0.717, 1.165) is 11.8 Å². The van der Waals surface area contributed by atoms with Crippen LogP contribution in [-0.4, -0.2) is 0 Å². The van der Waals surface area contributed by atoms with Gasteiger partial charge >= 0.3 is 0 Å². The van der Waals surface area contributed by atoms with Crippen LogP contribution in [0.15, 0.2) is 24.3 Å². The summed E-state index contributed by atoms with van der Waals surface area (Å²) in [5, 5.41) is 0. The first-order valence-electron chi connectivity index (χ1n) is 2.82. The van der Waals surface area contributed by atoms with Gasteiger partial charge in [0.1, 0.15) is 0 Å². The molecular formula is C7H8Ir2. The molecule has 0 amide bonds. The van der Waals surface area contributed by atoms with Crippen LogP contribution in [0, 0.1) is 11.8 Å². The molecule has 0 nitrogen and oxygen atoms in total. The van der Waals surface area contributed by atoms with Crippen molar-refractivity contribution in [3.63, 3.8) is 0 Å². The largest absolute Gasteiger partial charge is 0.0810 e. The molecule has 0 unspecified atom stereocenters. The fourth-order valence-electron chi connectivity index (χ4n) is 1.33. The van der Waals surface area contributed by atoms with Gasteiger partial charge in [0.05, 0.1) is 0 Å². The summed E-state index contributed by atoms with van der Waals surface area (Å²) in [7, 11) is 0. The normalized spacial score (nSPS) is 33.8. The second-order valence-corrected chi connectivity index (χ2v) is 2.33. The van der Waals surface area contributed by atoms with Gasteiger partial charge in [-0.15, -0.1) is 0 Å². The van der Waals surface area contributed by atoms with Gasteiger partial charge in [-0.2, -0.15) is 0 Å². The summed E-state index contributed by atoms with van der Waals surface area (Å²) in [5.74, 6) is 1.62. The van der Waals surface area contributed by atoms with E-state index in [1.165, 1.54) is 6.42 Å². The molecule has 2 radical (unpaired) electrons. The molecule has 2 rings (SSSR count). The second-order valence-electron chi connectivity index (χ2n) is 2.33. The van der Waals surface area contributed by atoms with Crippen LogP contribution < -0.4 is 0 Å². The Morgan fingerprint density at radius 1 is 0.778 bits per heavy atom. The van der Waals surface area contributed by atoms with Crippen LogP contribution in [0.1, 0.15) is 6.42 Å². The molecule has 0 saturated heterocycles. The van der Waals surface area contributed by atoms with E-state index in [4.69, 9.17) is 0 Å². The molecule has 0 atom stereocenters. The summed E-state index contributed by atoms with van der Waals surface area (Å²) >= 11 is 0. The van der Waals surface area contributed by atoms with Gasteiger partial charge in [-0.1, -0.05) is 24.3 Å². The standard InChI is InChI=1S/C7H8.2Ir/c1-2-7-4-3-6(1)5-7;;/h1-4,6-7H,5H2;;. The van der Waals surface area contributed by atoms with E-state index in [9.17, 15) is 0 Å². The minimum Gasteiger partial charge on any atom is -0.0810 e. The molecule has 0 aliphatic heterocycles. The maximum Gasteiger partial charge on any atom is 0 e. The fraction of sp³-hybridized carbons (Fsp3) is 0.429. The summed E-state index contributed by atoms with van der Waals surface area (Å²) in [6.07, 6.45) is 10.5. The first-order chi connectivity index (χ1) is 3.45. The maximum absolute atomic E-state index is 2.30. The van der Waals surface area contributed by atoms with Crippen molar-refractivity contribution in [2.75, 3.05) is 0 Å². The summed E-state index contributed by atoms with van der Waals surface area (Å²) < 4.78 is 0. The predicted octanol–water partition coefficient (Wildman–Crippen LogP) is 1.74. The third-order valence-corrected chi connectivity index (χ3v) is 1.76. The molecular weight excluding hydrogens is 469 g/mol. The summed E-state index contributed by atoms with van der Waals surface area (Å²) in [6.45, 7) is 0. The van der Waals surface area contributed by atoms with Crippen LogP contribution in [0.4, 0.5) is 0 Å². The summed E-state index contributed by atoms with van der Waals surface area (Å²) in [4.78, 5) is 0. The first kappa shape index (κ1) is 9.78. The van der Waals surface area contributed by atoms with E-state index in [1.54, 1.807) is 0 Å². The first-order valence-corrected chi connectivity index (χ1v) is 2.82. The topological polar surface area (TPSA) is 0 Å². The molecule has 2 heteroatoms. The maximum atomic E-state index is 2.30. The average molecular weight is 477 g/mol.